The van der Waals surface area contributed by atoms with Crippen molar-refractivity contribution in [1.29, 1.82) is 0 Å². The van der Waals surface area contributed by atoms with Gasteiger partial charge in [0.1, 0.15) is 0 Å². The molecule has 1 aliphatic carbocycles. The number of aliphatic imine (C=N–C) groups is 1. The third kappa shape index (κ3) is 7.02. The molecule has 0 aromatic carbocycles. The number of ether oxygens (including phenoxy) is 2. The van der Waals surface area contributed by atoms with Crippen molar-refractivity contribution in [3.63, 3.8) is 0 Å². The highest BCUT2D eigenvalue weighted by molar-refractivity contribution is 14.0. The summed E-state index contributed by atoms with van der Waals surface area (Å²) in [6, 6.07) is 0. The smallest absolute Gasteiger partial charge is 0.230 e. The zero-order valence-corrected chi connectivity index (χ0v) is 20.4. The molecule has 0 radical (unpaired) electrons. The highest BCUT2D eigenvalue weighted by Crippen LogP contribution is 2.39. The van der Waals surface area contributed by atoms with E-state index in [0.717, 1.165) is 64.3 Å². The van der Waals surface area contributed by atoms with Crippen molar-refractivity contribution in [1.82, 2.24) is 15.1 Å². The van der Waals surface area contributed by atoms with Crippen LogP contribution in [0, 0.1) is 11.3 Å². The predicted octanol–water partition coefficient (Wildman–Crippen LogP) is 2.20. The lowest BCUT2D eigenvalue weighted by Gasteiger charge is -2.30. The zero-order valence-electron chi connectivity index (χ0n) is 18.0. The quantitative estimate of drug-likeness (QED) is 0.223. The normalized spacial score (nSPS) is 21.5. The Balaban J connectivity index is 0.00000392. The second kappa shape index (κ2) is 12.8. The first-order chi connectivity index (χ1) is 13.0. The Morgan fingerprint density at radius 3 is 2.61 bits per heavy atom. The van der Waals surface area contributed by atoms with Crippen LogP contribution in [0.1, 0.15) is 39.0 Å². The number of hydrogen-bond acceptors (Lipinski definition) is 4. The lowest BCUT2D eigenvalue weighted by atomic mass is 9.85. The van der Waals surface area contributed by atoms with E-state index in [-0.39, 0.29) is 35.3 Å². The fourth-order valence-electron chi connectivity index (χ4n) is 4.17. The highest BCUT2D eigenvalue weighted by Gasteiger charge is 2.42. The van der Waals surface area contributed by atoms with Gasteiger partial charge in [-0.1, -0.05) is 12.8 Å². The Morgan fingerprint density at radius 2 is 2.00 bits per heavy atom. The van der Waals surface area contributed by atoms with Gasteiger partial charge in [0.05, 0.1) is 31.8 Å². The molecule has 1 amide bonds. The summed E-state index contributed by atoms with van der Waals surface area (Å²) in [6.45, 7) is 7.50. The third-order valence-electron chi connectivity index (χ3n) is 5.66. The summed E-state index contributed by atoms with van der Waals surface area (Å²) < 4.78 is 10.7. The van der Waals surface area contributed by atoms with Gasteiger partial charge in [-0.05, 0) is 26.2 Å². The molecule has 0 spiro atoms. The molecule has 2 rings (SSSR count). The predicted molar refractivity (Wildman–Crippen MR) is 123 cm³/mol. The van der Waals surface area contributed by atoms with Gasteiger partial charge >= 0.3 is 0 Å². The van der Waals surface area contributed by atoms with E-state index >= 15 is 0 Å². The van der Waals surface area contributed by atoms with Gasteiger partial charge in [0.2, 0.25) is 5.91 Å². The van der Waals surface area contributed by atoms with Crippen molar-refractivity contribution in [2.75, 3.05) is 67.2 Å². The lowest BCUT2D eigenvalue weighted by molar-refractivity contribution is -0.138. The summed E-state index contributed by atoms with van der Waals surface area (Å²) in [4.78, 5) is 21.7. The zero-order chi connectivity index (χ0) is 19.7. The van der Waals surface area contributed by atoms with E-state index < -0.39 is 0 Å². The molecule has 1 aliphatic heterocycles. The van der Waals surface area contributed by atoms with E-state index in [2.05, 4.69) is 17.1 Å². The Labute approximate surface area is 187 Å². The first-order valence-electron chi connectivity index (χ1n) is 10.3. The topological polar surface area (TPSA) is 66.4 Å². The fourth-order valence-corrected chi connectivity index (χ4v) is 4.17. The van der Waals surface area contributed by atoms with Gasteiger partial charge in [0.25, 0.3) is 0 Å². The van der Waals surface area contributed by atoms with Crippen LogP contribution >= 0.6 is 24.0 Å². The molecule has 1 saturated heterocycles. The maximum absolute atomic E-state index is 12.8. The van der Waals surface area contributed by atoms with Gasteiger partial charge in [-0.25, -0.2) is 0 Å². The van der Waals surface area contributed by atoms with Gasteiger partial charge in [-0.2, -0.15) is 0 Å². The van der Waals surface area contributed by atoms with Gasteiger partial charge in [-0.15, -0.1) is 24.0 Å². The maximum atomic E-state index is 12.8. The second-order valence-electron chi connectivity index (χ2n) is 8.03. The number of halogens is 1. The molecule has 1 heterocycles. The van der Waals surface area contributed by atoms with Gasteiger partial charge in [0.15, 0.2) is 5.96 Å². The number of rotatable bonds is 9. The van der Waals surface area contributed by atoms with Crippen molar-refractivity contribution in [3.8, 4) is 0 Å². The summed E-state index contributed by atoms with van der Waals surface area (Å²) in [7, 11) is 5.40. The van der Waals surface area contributed by atoms with Crippen LogP contribution in [0.4, 0.5) is 0 Å². The maximum Gasteiger partial charge on any atom is 0.230 e. The molecule has 7 nitrogen and oxygen atoms in total. The van der Waals surface area contributed by atoms with E-state index in [1.807, 2.05) is 14.1 Å². The van der Waals surface area contributed by atoms with Gasteiger partial charge in [-0.3, -0.25) is 9.79 Å². The van der Waals surface area contributed by atoms with Crippen LogP contribution in [0.5, 0.6) is 0 Å². The molecule has 2 fully saturated rings. The molecule has 1 saturated carbocycles. The highest BCUT2D eigenvalue weighted by atomic mass is 127. The number of likely N-dealkylation sites (tertiary alicyclic amines) is 1. The first kappa shape index (κ1) is 25.4. The van der Waals surface area contributed by atoms with Crippen LogP contribution in [0.2, 0.25) is 0 Å². The minimum Gasteiger partial charge on any atom is -0.382 e. The van der Waals surface area contributed by atoms with E-state index in [1.165, 1.54) is 0 Å². The molecule has 28 heavy (non-hydrogen) atoms. The Hall–Kier alpha value is -0.610. The molecule has 1 N–H and O–H groups in total. The summed E-state index contributed by atoms with van der Waals surface area (Å²) in [5.74, 6) is 1.69. The van der Waals surface area contributed by atoms with E-state index in [4.69, 9.17) is 14.5 Å². The number of carbonyl (C=O) groups excluding carboxylic acids is 1. The van der Waals surface area contributed by atoms with Crippen LogP contribution in [-0.2, 0) is 14.3 Å². The standard InChI is InChI=1S/C20H38N4O3.HI/c1-5-21-19(24-11-8-17(14-24)15-27-13-12-26-4)22-16-20(9-6-7-10-20)18(25)23(2)3;/h17H,5-16H2,1-4H3,(H,21,22);1H. The number of nitrogens with one attached hydrogen (secondary N) is 1. The summed E-state index contributed by atoms with van der Waals surface area (Å²) >= 11 is 0. The summed E-state index contributed by atoms with van der Waals surface area (Å²) in [5.41, 5.74) is -0.313. The number of amides is 1. The molecular weight excluding hydrogens is 471 g/mol. The second-order valence-corrected chi connectivity index (χ2v) is 8.03. The average molecular weight is 510 g/mol. The van der Waals surface area contributed by atoms with E-state index in [9.17, 15) is 4.79 Å². The van der Waals surface area contributed by atoms with Crippen molar-refractivity contribution in [2.45, 2.75) is 39.0 Å². The van der Waals surface area contributed by atoms with E-state index in [1.54, 1.807) is 12.0 Å². The molecule has 0 bridgehead atoms. The fraction of sp³-hybridized carbons (Fsp3) is 0.900. The Kier molecular flexibility index (Phi) is 11.7. The molecule has 8 heteroatoms. The minimum atomic E-state index is -0.313. The SMILES string of the molecule is CCNC(=NCC1(C(=O)N(C)C)CCCC1)N1CCC(COCCOC)C1.I. The summed E-state index contributed by atoms with van der Waals surface area (Å²) in [6.07, 6.45) is 5.25. The number of nitrogens with zero attached hydrogens (tertiary/aromatic N) is 3. The lowest BCUT2D eigenvalue weighted by Crippen LogP contribution is -2.44. The third-order valence-corrected chi connectivity index (χ3v) is 5.66. The molecule has 0 aromatic rings. The van der Waals surface area contributed by atoms with Crippen molar-refractivity contribution < 1.29 is 14.3 Å². The van der Waals surface area contributed by atoms with Crippen LogP contribution < -0.4 is 5.32 Å². The number of methoxy groups -OCH3 is 1. The van der Waals surface area contributed by atoms with Crippen LogP contribution in [-0.4, -0.2) is 88.9 Å². The Bertz CT molecular complexity index is 496. The van der Waals surface area contributed by atoms with E-state index in [0.29, 0.717) is 25.7 Å². The average Bonchev–Trinajstić information content (AvgIpc) is 3.32. The number of carbonyl (C=O) groups is 1. The van der Waals surface area contributed by atoms with Gasteiger partial charge in [0, 0.05) is 46.8 Å². The van der Waals surface area contributed by atoms with Crippen molar-refractivity contribution in [2.24, 2.45) is 16.3 Å². The Morgan fingerprint density at radius 1 is 1.29 bits per heavy atom. The first-order valence-corrected chi connectivity index (χ1v) is 10.3. The van der Waals surface area contributed by atoms with Crippen molar-refractivity contribution >= 4 is 35.8 Å². The van der Waals surface area contributed by atoms with Crippen LogP contribution in [0.3, 0.4) is 0 Å². The molecule has 1 unspecified atom stereocenters. The van der Waals surface area contributed by atoms with Crippen LogP contribution in [0.25, 0.3) is 0 Å². The van der Waals surface area contributed by atoms with Crippen molar-refractivity contribution in [3.05, 3.63) is 0 Å². The molecule has 164 valence electrons. The molecule has 0 aromatic heterocycles. The largest absolute Gasteiger partial charge is 0.382 e. The minimum absolute atomic E-state index is 0. The summed E-state index contributed by atoms with van der Waals surface area (Å²) in [5, 5.41) is 3.42. The van der Waals surface area contributed by atoms with Gasteiger partial charge < -0.3 is 24.6 Å². The number of guanidine groups is 1. The molecule has 1 atom stereocenters. The molecule has 2 aliphatic rings. The monoisotopic (exact) mass is 510 g/mol. The number of hydrogen-bond donors (Lipinski definition) is 1. The van der Waals surface area contributed by atoms with Crippen LogP contribution in [0.15, 0.2) is 4.99 Å². The molecular formula is C20H39IN4O3.